The van der Waals surface area contributed by atoms with E-state index in [4.69, 9.17) is 9.47 Å². The second-order valence-electron chi connectivity index (χ2n) is 6.71. The van der Waals surface area contributed by atoms with Gasteiger partial charge in [0.15, 0.2) is 0 Å². The van der Waals surface area contributed by atoms with E-state index in [1.165, 1.54) is 6.33 Å². The smallest absolute Gasteiger partial charge is 0.231 e. The van der Waals surface area contributed by atoms with E-state index in [-0.39, 0.29) is 18.0 Å². The van der Waals surface area contributed by atoms with E-state index >= 15 is 0 Å². The highest BCUT2D eigenvalue weighted by Crippen LogP contribution is 2.42. The predicted molar refractivity (Wildman–Crippen MR) is 105 cm³/mol. The van der Waals surface area contributed by atoms with Gasteiger partial charge in [-0.2, -0.15) is 10.1 Å². The Bertz CT molecular complexity index is 966. The third-order valence-electron chi connectivity index (χ3n) is 5.16. The van der Waals surface area contributed by atoms with Crippen LogP contribution in [0.25, 0.3) is 0 Å². The van der Waals surface area contributed by atoms with E-state index in [1.54, 1.807) is 26.0 Å². The molecule has 7 heteroatoms. The van der Waals surface area contributed by atoms with Crippen LogP contribution in [0.4, 0.5) is 5.95 Å². The number of hydrogen-bond acceptors (Lipinski definition) is 5. The highest BCUT2D eigenvalue weighted by molar-refractivity contribution is 5.90. The van der Waals surface area contributed by atoms with Gasteiger partial charge in [-0.3, -0.25) is 9.69 Å². The van der Waals surface area contributed by atoms with Crippen LogP contribution in [0.2, 0.25) is 0 Å². The minimum atomic E-state index is -0.146. The Balaban J connectivity index is 1.78. The highest BCUT2D eigenvalue weighted by atomic mass is 16.5. The van der Waals surface area contributed by atoms with Crippen molar-refractivity contribution in [3.05, 3.63) is 66.0 Å². The summed E-state index contributed by atoms with van der Waals surface area (Å²) in [6, 6.07) is 15.6. The van der Waals surface area contributed by atoms with Crippen molar-refractivity contribution in [1.29, 1.82) is 0 Å². The van der Waals surface area contributed by atoms with Crippen LogP contribution in [-0.2, 0) is 4.79 Å². The summed E-state index contributed by atoms with van der Waals surface area (Å²) < 4.78 is 12.4. The fraction of sp³-hybridized carbons (Fsp3) is 0.286. The number of benzene rings is 2. The third-order valence-corrected chi connectivity index (χ3v) is 5.16. The first-order valence-corrected chi connectivity index (χ1v) is 9.09. The van der Waals surface area contributed by atoms with Crippen molar-refractivity contribution in [3.63, 3.8) is 0 Å². The molecule has 144 valence electrons. The van der Waals surface area contributed by atoms with E-state index in [2.05, 4.69) is 10.1 Å². The van der Waals surface area contributed by atoms with Crippen LogP contribution in [0.3, 0.4) is 0 Å². The lowest BCUT2D eigenvalue weighted by Crippen LogP contribution is -2.41. The molecule has 4 rings (SSSR count). The quantitative estimate of drug-likeness (QED) is 0.696. The summed E-state index contributed by atoms with van der Waals surface area (Å²) >= 11 is 0. The van der Waals surface area contributed by atoms with Crippen LogP contribution in [0.1, 0.15) is 36.6 Å². The first-order valence-electron chi connectivity index (χ1n) is 9.09. The zero-order valence-electron chi connectivity index (χ0n) is 16.1. The Morgan fingerprint density at radius 1 is 0.929 bits per heavy atom. The number of amides is 1. The van der Waals surface area contributed by atoms with Gasteiger partial charge in [0.05, 0.1) is 26.3 Å². The number of methoxy groups -OCH3 is 2. The Morgan fingerprint density at radius 2 is 1.46 bits per heavy atom. The molecule has 1 aliphatic heterocycles. The van der Waals surface area contributed by atoms with Crippen LogP contribution in [0, 0.1) is 0 Å². The number of carbonyl (C=O) groups is 1. The van der Waals surface area contributed by atoms with Gasteiger partial charge in [0.2, 0.25) is 11.9 Å². The van der Waals surface area contributed by atoms with Gasteiger partial charge in [-0.1, -0.05) is 24.3 Å². The van der Waals surface area contributed by atoms with Crippen LogP contribution < -0.4 is 14.4 Å². The fourth-order valence-corrected chi connectivity index (χ4v) is 3.77. The van der Waals surface area contributed by atoms with E-state index in [0.717, 1.165) is 22.6 Å². The molecule has 0 spiro atoms. The third kappa shape index (κ3) is 3.09. The van der Waals surface area contributed by atoms with Gasteiger partial charge in [-0.05, 0) is 41.8 Å². The first kappa shape index (κ1) is 18.0. The van der Waals surface area contributed by atoms with Crippen molar-refractivity contribution in [2.24, 2.45) is 0 Å². The van der Waals surface area contributed by atoms with E-state index in [9.17, 15) is 4.79 Å². The molecule has 0 unspecified atom stereocenters. The average Bonchev–Trinajstić information content (AvgIpc) is 3.22. The maximum Gasteiger partial charge on any atom is 0.231 e. The van der Waals surface area contributed by atoms with E-state index < -0.39 is 0 Å². The van der Waals surface area contributed by atoms with Crippen LogP contribution in [0.15, 0.2) is 54.9 Å². The monoisotopic (exact) mass is 378 g/mol. The molecule has 2 aromatic carbocycles. The summed E-state index contributed by atoms with van der Waals surface area (Å²) in [5.41, 5.74) is 2.12. The number of anilines is 1. The molecule has 0 radical (unpaired) electrons. The molecule has 0 fully saturated rings. The van der Waals surface area contributed by atoms with Crippen molar-refractivity contribution in [2.45, 2.75) is 25.4 Å². The summed E-state index contributed by atoms with van der Waals surface area (Å²) in [6.45, 7) is 1.56. The second-order valence-corrected chi connectivity index (χ2v) is 6.71. The Hall–Kier alpha value is -3.35. The van der Waals surface area contributed by atoms with Crippen LogP contribution >= 0.6 is 0 Å². The average molecular weight is 378 g/mol. The van der Waals surface area contributed by atoms with Gasteiger partial charge in [-0.25, -0.2) is 4.68 Å². The summed E-state index contributed by atoms with van der Waals surface area (Å²) in [6.07, 6.45) is 2.19. The van der Waals surface area contributed by atoms with E-state index in [1.807, 2.05) is 53.2 Å². The molecular formula is C21H22N4O3. The molecule has 1 aliphatic rings. The topological polar surface area (TPSA) is 69.5 Å². The lowest BCUT2D eigenvalue weighted by molar-refractivity contribution is -0.117. The standard InChI is InChI=1S/C21H22N4O3/c1-14(26)24-19(15-4-8-17(27-2)9-5-15)12-20(25-21(24)22-13-23-25)16-6-10-18(28-3)11-7-16/h4-11,13,19-20H,12H2,1-3H3/t19-,20+/m0/s1. The summed E-state index contributed by atoms with van der Waals surface area (Å²) in [5, 5.41) is 4.41. The number of hydrogen-bond donors (Lipinski definition) is 0. The van der Waals surface area contributed by atoms with Gasteiger partial charge in [-0.15, -0.1) is 0 Å². The molecular weight excluding hydrogens is 356 g/mol. The van der Waals surface area contributed by atoms with Gasteiger partial charge >= 0.3 is 0 Å². The highest BCUT2D eigenvalue weighted by Gasteiger charge is 2.38. The zero-order chi connectivity index (χ0) is 19.7. The molecule has 0 saturated heterocycles. The summed E-state index contributed by atoms with van der Waals surface area (Å²) in [7, 11) is 3.29. The molecule has 0 saturated carbocycles. The van der Waals surface area contributed by atoms with E-state index in [0.29, 0.717) is 12.4 Å². The van der Waals surface area contributed by atoms with Crippen molar-refractivity contribution < 1.29 is 14.3 Å². The minimum absolute atomic E-state index is 0.0360. The Labute approximate surface area is 163 Å². The van der Waals surface area contributed by atoms with Gasteiger partial charge in [0, 0.05) is 6.92 Å². The lowest BCUT2D eigenvalue weighted by Gasteiger charge is -2.38. The molecule has 28 heavy (non-hydrogen) atoms. The van der Waals surface area contributed by atoms with Crippen molar-refractivity contribution in [1.82, 2.24) is 14.8 Å². The number of carbonyl (C=O) groups excluding carboxylic acids is 1. The molecule has 2 heterocycles. The Morgan fingerprint density at radius 3 is 1.96 bits per heavy atom. The normalized spacial score (nSPS) is 18.5. The summed E-state index contributed by atoms with van der Waals surface area (Å²) in [4.78, 5) is 18.6. The van der Waals surface area contributed by atoms with Crippen molar-refractivity contribution in [3.8, 4) is 11.5 Å². The fourth-order valence-electron chi connectivity index (χ4n) is 3.77. The predicted octanol–water partition coefficient (Wildman–Crippen LogP) is 3.38. The maximum atomic E-state index is 12.5. The number of nitrogens with zero attached hydrogens (tertiary/aromatic N) is 4. The van der Waals surface area contributed by atoms with Crippen LogP contribution in [0.5, 0.6) is 11.5 Å². The van der Waals surface area contributed by atoms with Crippen LogP contribution in [-0.4, -0.2) is 34.9 Å². The van der Waals surface area contributed by atoms with Gasteiger partial charge in [0.1, 0.15) is 17.8 Å². The van der Waals surface area contributed by atoms with Crippen molar-refractivity contribution in [2.75, 3.05) is 19.1 Å². The maximum absolute atomic E-state index is 12.5. The van der Waals surface area contributed by atoms with Gasteiger partial charge in [0.25, 0.3) is 0 Å². The number of aromatic nitrogens is 3. The van der Waals surface area contributed by atoms with Crippen molar-refractivity contribution >= 4 is 11.9 Å². The number of rotatable bonds is 4. The molecule has 0 N–H and O–H groups in total. The molecule has 7 nitrogen and oxygen atoms in total. The molecule has 0 aliphatic carbocycles. The SMILES string of the molecule is COc1ccc([C@H]2C[C@@H](c3ccc(OC)cc3)N(C(C)=O)c3ncnn32)cc1. The second kappa shape index (κ2) is 7.34. The van der Waals surface area contributed by atoms with Gasteiger partial charge < -0.3 is 9.47 Å². The lowest BCUT2D eigenvalue weighted by atomic mass is 9.92. The minimum Gasteiger partial charge on any atom is -0.497 e. The Kier molecular flexibility index (Phi) is 4.73. The number of fused-ring (bicyclic) bond motifs is 1. The largest absolute Gasteiger partial charge is 0.497 e. The molecule has 1 amide bonds. The molecule has 0 bridgehead atoms. The zero-order valence-corrected chi connectivity index (χ0v) is 16.1. The summed E-state index contributed by atoms with van der Waals surface area (Å²) in [5.74, 6) is 2.07. The number of ether oxygens (including phenoxy) is 2. The first-order chi connectivity index (χ1) is 13.6. The molecule has 3 aromatic rings. The molecule has 2 atom stereocenters. The molecule has 1 aromatic heterocycles.